The molecule has 1 heterocycles. The lowest BCUT2D eigenvalue weighted by Gasteiger charge is -2.12. The average Bonchev–Trinajstić information content (AvgIpc) is 3.27. The predicted molar refractivity (Wildman–Crippen MR) is 86.5 cm³/mol. The van der Waals surface area contributed by atoms with E-state index in [1.54, 1.807) is 13.0 Å². The molecule has 2 aromatic rings. The number of nitrogens with zero attached hydrogens (tertiary/aromatic N) is 2. The zero-order chi connectivity index (χ0) is 15.7. The molecule has 1 aromatic carbocycles. The molecule has 0 radical (unpaired) electrons. The van der Waals surface area contributed by atoms with Crippen LogP contribution in [0.15, 0.2) is 24.3 Å². The molecule has 0 bridgehead atoms. The number of amides is 1. The first-order valence-electron chi connectivity index (χ1n) is 7.53. The van der Waals surface area contributed by atoms with Gasteiger partial charge in [-0.25, -0.2) is 9.97 Å². The molecule has 1 aliphatic carbocycles. The van der Waals surface area contributed by atoms with Crippen LogP contribution >= 0.6 is 0 Å². The van der Waals surface area contributed by atoms with Gasteiger partial charge in [0.25, 0.3) is 5.91 Å². The molecule has 0 atom stereocenters. The van der Waals surface area contributed by atoms with E-state index in [1.807, 2.05) is 12.1 Å². The van der Waals surface area contributed by atoms with E-state index >= 15 is 0 Å². The Morgan fingerprint density at radius 1 is 1.18 bits per heavy atom. The Morgan fingerprint density at radius 2 is 1.95 bits per heavy atom. The van der Waals surface area contributed by atoms with E-state index in [-0.39, 0.29) is 5.91 Å². The van der Waals surface area contributed by atoms with Gasteiger partial charge in [0.1, 0.15) is 17.3 Å². The van der Waals surface area contributed by atoms with E-state index in [4.69, 9.17) is 0 Å². The van der Waals surface area contributed by atoms with Crippen LogP contribution in [0.5, 0.6) is 0 Å². The minimum absolute atomic E-state index is 0.128. The second kappa shape index (κ2) is 5.75. The van der Waals surface area contributed by atoms with Crippen molar-refractivity contribution >= 4 is 17.4 Å². The number of benzene rings is 1. The molecule has 1 saturated carbocycles. The van der Waals surface area contributed by atoms with Crippen molar-refractivity contribution in [1.29, 1.82) is 0 Å². The lowest BCUT2D eigenvalue weighted by Crippen LogP contribution is -2.26. The van der Waals surface area contributed by atoms with Crippen LogP contribution in [0.2, 0.25) is 0 Å². The summed E-state index contributed by atoms with van der Waals surface area (Å²) in [7, 11) is 0. The van der Waals surface area contributed by atoms with Gasteiger partial charge in [-0.1, -0.05) is 12.1 Å². The van der Waals surface area contributed by atoms with Crippen molar-refractivity contribution < 1.29 is 4.79 Å². The van der Waals surface area contributed by atoms with Crippen LogP contribution in [0.3, 0.4) is 0 Å². The fraction of sp³-hybridized carbons (Fsp3) is 0.353. The van der Waals surface area contributed by atoms with Gasteiger partial charge in [-0.2, -0.15) is 0 Å². The summed E-state index contributed by atoms with van der Waals surface area (Å²) in [5.41, 5.74) is 3.78. The van der Waals surface area contributed by atoms with E-state index in [2.05, 4.69) is 40.5 Å². The third-order valence-corrected chi connectivity index (χ3v) is 3.85. The maximum absolute atomic E-state index is 12.1. The van der Waals surface area contributed by atoms with Crippen molar-refractivity contribution in [3.63, 3.8) is 0 Å². The van der Waals surface area contributed by atoms with E-state index in [0.29, 0.717) is 23.4 Å². The van der Waals surface area contributed by atoms with E-state index in [1.165, 1.54) is 11.1 Å². The topological polar surface area (TPSA) is 66.9 Å². The number of carbonyl (C=O) groups excluding carboxylic acids is 1. The zero-order valence-corrected chi connectivity index (χ0v) is 13.1. The number of hydrogen-bond acceptors (Lipinski definition) is 4. The molecule has 1 amide bonds. The SMILES string of the molecule is Cc1nc(Nc2cccc(C)c2C)cc(C(=O)NC2CC2)n1. The molecule has 5 heteroatoms. The van der Waals surface area contributed by atoms with E-state index in [0.717, 1.165) is 18.5 Å². The minimum Gasteiger partial charge on any atom is -0.348 e. The summed E-state index contributed by atoms with van der Waals surface area (Å²) in [6.07, 6.45) is 2.12. The number of hydrogen-bond donors (Lipinski definition) is 2. The third-order valence-electron chi connectivity index (χ3n) is 3.85. The van der Waals surface area contributed by atoms with Gasteiger partial charge in [-0.3, -0.25) is 4.79 Å². The van der Waals surface area contributed by atoms with Gasteiger partial charge in [0.2, 0.25) is 0 Å². The summed E-state index contributed by atoms with van der Waals surface area (Å²) >= 11 is 0. The smallest absolute Gasteiger partial charge is 0.270 e. The first kappa shape index (κ1) is 14.5. The molecule has 0 spiro atoms. The molecule has 5 nitrogen and oxygen atoms in total. The lowest BCUT2D eigenvalue weighted by molar-refractivity contribution is 0.0945. The number of aryl methyl sites for hydroxylation is 2. The molecule has 1 aromatic heterocycles. The average molecular weight is 296 g/mol. The minimum atomic E-state index is -0.128. The lowest BCUT2D eigenvalue weighted by atomic mass is 10.1. The zero-order valence-electron chi connectivity index (χ0n) is 13.1. The first-order valence-corrected chi connectivity index (χ1v) is 7.53. The monoisotopic (exact) mass is 296 g/mol. The van der Waals surface area contributed by atoms with Crippen LogP contribution in [-0.2, 0) is 0 Å². The Hall–Kier alpha value is -2.43. The highest BCUT2D eigenvalue weighted by Crippen LogP contribution is 2.23. The predicted octanol–water partition coefficient (Wildman–Crippen LogP) is 3.04. The number of anilines is 2. The van der Waals surface area contributed by atoms with Crippen LogP contribution in [0, 0.1) is 20.8 Å². The van der Waals surface area contributed by atoms with Crippen LogP contribution in [-0.4, -0.2) is 21.9 Å². The molecule has 1 fully saturated rings. The number of nitrogens with one attached hydrogen (secondary N) is 2. The summed E-state index contributed by atoms with van der Waals surface area (Å²) < 4.78 is 0. The van der Waals surface area contributed by atoms with Gasteiger partial charge in [-0.05, 0) is 50.8 Å². The maximum atomic E-state index is 12.1. The number of carbonyl (C=O) groups is 1. The largest absolute Gasteiger partial charge is 0.348 e. The fourth-order valence-electron chi connectivity index (χ4n) is 2.26. The van der Waals surface area contributed by atoms with Crippen molar-refractivity contribution in [2.75, 3.05) is 5.32 Å². The van der Waals surface area contributed by atoms with Crippen molar-refractivity contribution in [1.82, 2.24) is 15.3 Å². The molecular formula is C17H20N4O. The molecule has 0 saturated heterocycles. The van der Waals surface area contributed by atoms with Gasteiger partial charge >= 0.3 is 0 Å². The number of aromatic nitrogens is 2. The van der Waals surface area contributed by atoms with Gasteiger partial charge < -0.3 is 10.6 Å². The Bertz CT molecular complexity index is 723. The van der Waals surface area contributed by atoms with E-state index < -0.39 is 0 Å². The standard InChI is InChI=1S/C17H20N4O/c1-10-5-4-6-14(11(10)2)21-16-9-15(18-12(3)19-16)17(22)20-13-7-8-13/h4-6,9,13H,7-8H2,1-3H3,(H,20,22)(H,18,19,21). The molecule has 0 aliphatic heterocycles. The highest BCUT2D eigenvalue weighted by molar-refractivity contribution is 5.93. The van der Waals surface area contributed by atoms with Crippen LogP contribution in [0.4, 0.5) is 11.5 Å². The van der Waals surface area contributed by atoms with Crippen molar-refractivity contribution in [3.05, 3.63) is 46.9 Å². The first-order chi connectivity index (χ1) is 10.5. The van der Waals surface area contributed by atoms with Crippen molar-refractivity contribution in [2.24, 2.45) is 0 Å². The second-order valence-corrected chi connectivity index (χ2v) is 5.81. The highest BCUT2D eigenvalue weighted by Gasteiger charge is 2.24. The summed E-state index contributed by atoms with van der Waals surface area (Å²) in [4.78, 5) is 20.8. The number of rotatable bonds is 4. The fourth-order valence-corrected chi connectivity index (χ4v) is 2.26. The van der Waals surface area contributed by atoms with Crippen LogP contribution in [0.25, 0.3) is 0 Å². The van der Waals surface area contributed by atoms with E-state index in [9.17, 15) is 4.79 Å². The molecular weight excluding hydrogens is 276 g/mol. The third kappa shape index (κ3) is 3.24. The second-order valence-electron chi connectivity index (χ2n) is 5.81. The van der Waals surface area contributed by atoms with Crippen LogP contribution in [0.1, 0.15) is 40.3 Å². The molecule has 3 rings (SSSR count). The maximum Gasteiger partial charge on any atom is 0.270 e. The highest BCUT2D eigenvalue weighted by atomic mass is 16.2. The Labute approximate surface area is 130 Å². The summed E-state index contributed by atoms with van der Waals surface area (Å²) in [6.45, 7) is 5.93. The quantitative estimate of drug-likeness (QED) is 0.910. The Morgan fingerprint density at radius 3 is 2.68 bits per heavy atom. The summed E-state index contributed by atoms with van der Waals surface area (Å²) in [5, 5.41) is 6.24. The van der Waals surface area contributed by atoms with Crippen molar-refractivity contribution in [3.8, 4) is 0 Å². The normalized spacial score (nSPS) is 13.8. The van der Waals surface area contributed by atoms with Crippen LogP contribution < -0.4 is 10.6 Å². The summed E-state index contributed by atoms with van der Waals surface area (Å²) in [5.74, 6) is 1.09. The molecule has 1 aliphatic rings. The molecule has 114 valence electrons. The summed E-state index contributed by atoms with van der Waals surface area (Å²) in [6, 6.07) is 8.09. The van der Waals surface area contributed by atoms with Crippen molar-refractivity contribution in [2.45, 2.75) is 39.7 Å². The van der Waals surface area contributed by atoms with Gasteiger partial charge in [0.15, 0.2) is 0 Å². The van der Waals surface area contributed by atoms with Gasteiger partial charge in [0.05, 0.1) is 0 Å². The van der Waals surface area contributed by atoms with Gasteiger partial charge in [0, 0.05) is 17.8 Å². The van der Waals surface area contributed by atoms with Gasteiger partial charge in [-0.15, -0.1) is 0 Å². The molecule has 22 heavy (non-hydrogen) atoms. The molecule has 0 unspecified atom stereocenters. The molecule has 2 N–H and O–H groups in total. The Kier molecular flexibility index (Phi) is 3.79. The Balaban J connectivity index is 1.85.